The molecule has 1 fully saturated rings. The number of carbonyl (C=O) groups is 1. The zero-order chi connectivity index (χ0) is 14.1. The second kappa shape index (κ2) is 5.25. The van der Waals surface area contributed by atoms with Crippen LogP contribution in [0.25, 0.3) is 5.65 Å². The molecule has 5 heteroatoms. The van der Waals surface area contributed by atoms with Crippen molar-refractivity contribution >= 4 is 11.6 Å². The summed E-state index contributed by atoms with van der Waals surface area (Å²) in [6.45, 7) is 5.59. The van der Waals surface area contributed by atoms with Gasteiger partial charge in [-0.15, -0.1) is 0 Å². The molecule has 0 aromatic carbocycles. The zero-order valence-electron chi connectivity index (χ0n) is 12.0. The van der Waals surface area contributed by atoms with Crippen LogP contribution in [0.2, 0.25) is 0 Å². The Balaban J connectivity index is 1.73. The quantitative estimate of drug-likeness (QED) is 0.817. The molecule has 20 heavy (non-hydrogen) atoms. The summed E-state index contributed by atoms with van der Waals surface area (Å²) in [7, 11) is 2.09. The van der Waals surface area contributed by atoms with Crippen molar-refractivity contribution in [1.29, 1.82) is 0 Å². The van der Waals surface area contributed by atoms with Crippen LogP contribution in [0.4, 0.5) is 0 Å². The third-order valence-electron chi connectivity index (χ3n) is 3.92. The van der Waals surface area contributed by atoms with Crippen molar-refractivity contribution < 1.29 is 4.79 Å². The molecule has 2 aromatic rings. The van der Waals surface area contributed by atoms with Gasteiger partial charge in [0.15, 0.2) is 0 Å². The molecule has 0 saturated carbocycles. The number of piperazine rings is 1. The van der Waals surface area contributed by atoms with Gasteiger partial charge in [-0.2, -0.15) is 0 Å². The summed E-state index contributed by atoms with van der Waals surface area (Å²) in [5.41, 5.74) is 2.92. The molecule has 1 saturated heterocycles. The lowest BCUT2D eigenvalue weighted by molar-refractivity contribution is -0.132. The minimum Gasteiger partial charge on any atom is -0.340 e. The summed E-state index contributed by atoms with van der Waals surface area (Å²) in [5.74, 6) is 0.180. The first-order valence-corrected chi connectivity index (χ1v) is 7.03. The second-order valence-corrected chi connectivity index (χ2v) is 5.52. The fourth-order valence-electron chi connectivity index (χ4n) is 2.61. The van der Waals surface area contributed by atoms with Gasteiger partial charge in [0.25, 0.3) is 0 Å². The average molecular weight is 272 g/mol. The molecule has 1 aliphatic rings. The Labute approximate surface area is 118 Å². The molecule has 0 spiro atoms. The van der Waals surface area contributed by atoms with Crippen molar-refractivity contribution in [3.8, 4) is 0 Å². The van der Waals surface area contributed by atoms with Crippen molar-refractivity contribution in [3.63, 3.8) is 0 Å². The van der Waals surface area contributed by atoms with Crippen molar-refractivity contribution in [1.82, 2.24) is 19.2 Å². The Morgan fingerprint density at radius 1 is 1.30 bits per heavy atom. The van der Waals surface area contributed by atoms with E-state index in [0.717, 1.165) is 43.1 Å². The van der Waals surface area contributed by atoms with Crippen molar-refractivity contribution in [2.45, 2.75) is 13.3 Å². The number of nitrogens with zero attached hydrogens (tertiary/aromatic N) is 4. The summed E-state index contributed by atoms with van der Waals surface area (Å²) in [6.07, 6.45) is 4.32. The van der Waals surface area contributed by atoms with Crippen molar-refractivity contribution in [2.24, 2.45) is 0 Å². The molecule has 106 valence electrons. The SMILES string of the molecule is Cc1cccn2cc(CC(=O)N3CCN(C)CC3)nc12. The molecule has 2 aromatic heterocycles. The highest BCUT2D eigenvalue weighted by Crippen LogP contribution is 2.11. The largest absolute Gasteiger partial charge is 0.340 e. The van der Waals surface area contributed by atoms with E-state index in [1.807, 2.05) is 40.8 Å². The molecule has 0 N–H and O–H groups in total. The Hall–Kier alpha value is -1.88. The highest BCUT2D eigenvalue weighted by Gasteiger charge is 2.20. The van der Waals surface area contributed by atoms with Crippen LogP contribution < -0.4 is 0 Å². The predicted octanol–water partition coefficient (Wildman–Crippen LogP) is 0.959. The Morgan fingerprint density at radius 2 is 2.05 bits per heavy atom. The number of aromatic nitrogens is 2. The van der Waals surface area contributed by atoms with E-state index in [2.05, 4.69) is 16.9 Å². The summed E-state index contributed by atoms with van der Waals surface area (Å²) in [4.78, 5) is 21.1. The van der Waals surface area contributed by atoms with E-state index in [1.54, 1.807) is 0 Å². The predicted molar refractivity (Wildman–Crippen MR) is 77.7 cm³/mol. The van der Waals surface area contributed by atoms with Crippen LogP contribution >= 0.6 is 0 Å². The normalized spacial score (nSPS) is 16.8. The third-order valence-corrected chi connectivity index (χ3v) is 3.92. The molecule has 0 unspecified atom stereocenters. The lowest BCUT2D eigenvalue weighted by Gasteiger charge is -2.32. The smallest absolute Gasteiger partial charge is 0.228 e. The van der Waals surface area contributed by atoms with E-state index in [9.17, 15) is 4.79 Å². The van der Waals surface area contributed by atoms with Gasteiger partial charge >= 0.3 is 0 Å². The van der Waals surface area contributed by atoms with Crippen LogP contribution in [0.5, 0.6) is 0 Å². The number of imidazole rings is 1. The Bertz CT molecular complexity index is 626. The number of carbonyl (C=O) groups excluding carboxylic acids is 1. The van der Waals surface area contributed by atoms with E-state index in [1.165, 1.54) is 0 Å². The maximum absolute atomic E-state index is 12.3. The summed E-state index contributed by atoms with van der Waals surface area (Å²) in [6, 6.07) is 4.03. The summed E-state index contributed by atoms with van der Waals surface area (Å²) in [5, 5.41) is 0. The highest BCUT2D eigenvalue weighted by molar-refractivity contribution is 5.78. The van der Waals surface area contributed by atoms with Crippen LogP contribution in [0.3, 0.4) is 0 Å². The number of fused-ring (bicyclic) bond motifs is 1. The number of hydrogen-bond acceptors (Lipinski definition) is 3. The number of hydrogen-bond donors (Lipinski definition) is 0. The lowest BCUT2D eigenvalue weighted by Crippen LogP contribution is -2.47. The summed E-state index contributed by atoms with van der Waals surface area (Å²) < 4.78 is 1.99. The third kappa shape index (κ3) is 2.54. The fourth-order valence-corrected chi connectivity index (χ4v) is 2.61. The van der Waals surface area contributed by atoms with Crippen LogP contribution in [0, 0.1) is 6.92 Å². The molecule has 0 bridgehead atoms. The average Bonchev–Trinajstić information content (AvgIpc) is 2.83. The summed E-state index contributed by atoms with van der Waals surface area (Å²) >= 11 is 0. The molecule has 3 heterocycles. The number of rotatable bonds is 2. The zero-order valence-corrected chi connectivity index (χ0v) is 12.0. The van der Waals surface area contributed by atoms with Crippen LogP contribution in [0.15, 0.2) is 24.5 Å². The minimum atomic E-state index is 0.180. The van der Waals surface area contributed by atoms with Gasteiger partial charge in [-0.25, -0.2) is 4.98 Å². The van der Waals surface area contributed by atoms with Gasteiger partial charge < -0.3 is 14.2 Å². The van der Waals surface area contributed by atoms with Gasteiger partial charge in [0.05, 0.1) is 12.1 Å². The standard InChI is InChI=1S/C15H20N4O/c1-12-4-3-5-19-11-13(16-15(12)19)10-14(20)18-8-6-17(2)7-9-18/h3-5,11H,6-10H2,1-2H3. The number of pyridine rings is 1. The van der Waals surface area contributed by atoms with Crippen LogP contribution in [-0.2, 0) is 11.2 Å². The number of aryl methyl sites for hydroxylation is 1. The van der Waals surface area contributed by atoms with Crippen LogP contribution in [-0.4, -0.2) is 58.3 Å². The maximum Gasteiger partial charge on any atom is 0.228 e. The van der Waals surface area contributed by atoms with E-state index in [-0.39, 0.29) is 5.91 Å². The molecule has 0 radical (unpaired) electrons. The van der Waals surface area contributed by atoms with E-state index >= 15 is 0 Å². The van der Waals surface area contributed by atoms with Gasteiger partial charge in [0.2, 0.25) is 5.91 Å². The molecule has 1 aliphatic heterocycles. The molecule has 3 rings (SSSR count). The fraction of sp³-hybridized carbons (Fsp3) is 0.467. The van der Waals surface area contributed by atoms with Gasteiger partial charge in [-0.05, 0) is 25.6 Å². The number of amides is 1. The first kappa shape index (κ1) is 13.1. The molecule has 1 amide bonds. The first-order chi connectivity index (χ1) is 9.63. The first-order valence-electron chi connectivity index (χ1n) is 7.03. The molecular weight excluding hydrogens is 252 g/mol. The van der Waals surface area contributed by atoms with Gasteiger partial charge in [0, 0.05) is 38.6 Å². The van der Waals surface area contributed by atoms with E-state index < -0.39 is 0 Å². The van der Waals surface area contributed by atoms with Gasteiger partial charge in [0.1, 0.15) is 5.65 Å². The Morgan fingerprint density at radius 3 is 2.75 bits per heavy atom. The monoisotopic (exact) mass is 272 g/mol. The van der Waals surface area contributed by atoms with Crippen LogP contribution in [0.1, 0.15) is 11.3 Å². The van der Waals surface area contributed by atoms with Gasteiger partial charge in [-0.3, -0.25) is 4.79 Å². The van der Waals surface area contributed by atoms with E-state index in [4.69, 9.17) is 0 Å². The minimum absolute atomic E-state index is 0.180. The number of likely N-dealkylation sites (N-methyl/N-ethyl adjacent to an activating group) is 1. The van der Waals surface area contributed by atoms with E-state index in [0.29, 0.717) is 6.42 Å². The lowest BCUT2D eigenvalue weighted by atomic mass is 10.2. The topological polar surface area (TPSA) is 40.9 Å². The van der Waals surface area contributed by atoms with Crippen molar-refractivity contribution in [3.05, 3.63) is 35.8 Å². The van der Waals surface area contributed by atoms with Gasteiger partial charge in [-0.1, -0.05) is 6.07 Å². The maximum atomic E-state index is 12.3. The molecule has 0 aliphatic carbocycles. The second-order valence-electron chi connectivity index (χ2n) is 5.52. The van der Waals surface area contributed by atoms with Crippen molar-refractivity contribution in [2.75, 3.05) is 33.2 Å². The molecule has 0 atom stereocenters. The highest BCUT2D eigenvalue weighted by atomic mass is 16.2. The Kier molecular flexibility index (Phi) is 3.44. The molecular formula is C15H20N4O. The molecule has 5 nitrogen and oxygen atoms in total.